The number of benzene rings is 1. The summed E-state index contributed by atoms with van der Waals surface area (Å²) in [5.74, 6) is -3.15. The monoisotopic (exact) mass is 351 g/mol. The quantitative estimate of drug-likeness (QED) is 0.896. The largest absolute Gasteiger partial charge is 0.392 e. The van der Waals surface area contributed by atoms with Gasteiger partial charge in [-0.2, -0.15) is 18.3 Å². The van der Waals surface area contributed by atoms with E-state index in [1.165, 1.54) is 6.20 Å². The van der Waals surface area contributed by atoms with Crippen LogP contribution in [0.4, 0.5) is 18.9 Å². The standard InChI is InChI=1S/C18H20F3N3O/c19-18(20,21)16-9-5-4-8-15(16)17(25)23-14-10-22-24(12-14)11-13-6-2-1-3-7-13/h1-3,6-7,10,12,15-16H,4-5,8-9,11H2,(H,23,25)/t15-,16+/m0/s1. The summed E-state index contributed by atoms with van der Waals surface area (Å²) in [6.45, 7) is 0.533. The van der Waals surface area contributed by atoms with Crippen molar-refractivity contribution in [3.63, 3.8) is 0 Å². The van der Waals surface area contributed by atoms with Crippen LogP contribution in [0.15, 0.2) is 42.7 Å². The summed E-state index contributed by atoms with van der Waals surface area (Å²) in [5.41, 5.74) is 1.47. The second-order valence-corrected chi connectivity index (χ2v) is 6.44. The number of nitrogens with zero attached hydrogens (tertiary/aromatic N) is 2. The zero-order chi connectivity index (χ0) is 17.9. The van der Waals surface area contributed by atoms with Crippen LogP contribution >= 0.6 is 0 Å². The molecule has 0 saturated heterocycles. The van der Waals surface area contributed by atoms with E-state index in [0.717, 1.165) is 5.56 Å². The van der Waals surface area contributed by atoms with Crippen LogP contribution < -0.4 is 5.32 Å². The van der Waals surface area contributed by atoms with Crippen molar-refractivity contribution >= 4 is 11.6 Å². The summed E-state index contributed by atoms with van der Waals surface area (Å²) < 4.78 is 41.1. The lowest BCUT2D eigenvalue weighted by molar-refractivity contribution is -0.197. The van der Waals surface area contributed by atoms with Crippen LogP contribution in [-0.2, 0) is 11.3 Å². The summed E-state index contributed by atoms with van der Waals surface area (Å²) in [7, 11) is 0. The topological polar surface area (TPSA) is 46.9 Å². The molecular formula is C18H20F3N3O. The Labute approximate surface area is 144 Å². The van der Waals surface area contributed by atoms with Gasteiger partial charge in [0.1, 0.15) is 0 Å². The average Bonchev–Trinajstić information content (AvgIpc) is 3.02. The fourth-order valence-corrected chi connectivity index (χ4v) is 3.36. The molecule has 0 unspecified atom stereocenters. The van der Waals surface area contributed by atoms with Gasteiger partial charge in [-0.1, -0.05) is 43.2 Å². The van der Waals surface area contributed by atoms with E-state index in [2.05, 4.69) is 10.4 Å². The molecule has 1 saturated carbocycles. The van der Waals surface area contributed by atoms with Crippen molar-refractivity contribution in [3.8, 4) is 0 Å². The molecule has 1 amide bonds. The van der Waals surface area contributed by atoms with E-state index in [1.54, 1.807) is 10.9 Å². The average molecular weight is 351 g/mol. The van der Waals surface area contributed by atoms with Gasteiger partial charge in [-0.3, -0.25) is 9.48 Å². The van der Waals surface area contributed by atoms with Crippen molar-refractivity contribution in [2.45, 2.75) is 38.4 Å². The number of hydrogen-bond donors (Lipinski definition) is 1. The Morgan fingerprint density at radius 1 is 1.20 bits per heavy atom. The molecular weight excluding hydrogens is 331 g/mol. The van der Waals surface area contributed by atoms with Crippen LogP contribution in [0, 0.1) is 11.8 Å². The molecule has 1 heterocycles. The Kier molecular flexibility index (Phi) is 5.11. The number of amides is 1. The third-order valence-electron chi connectivity index (χ3n) is 4.61. The molecule has 2 atom stereocenters. The van der Waals surface area contributed by atoms with Gasteiger partial charge in [0, 0.05) is 12.1 Å². The molecule has 0 radical (unpaired) electrons. The Hall–Kier alpha value is -2.31. The van der Waals surface area contributed by atoms with Crippen molar-refractivity contribution in [3.05, 3.63) is 48.3 Å². The van der Waals surface area contributed by atoms with Gasteiger partial charge in [0.05, 0.1) is 24.3 Å². The second kappa shape index (κ2) is 7.29. The maximum Gasteiger partial charge on any atom is 0.392 e. The minimum Gasteiger partial charge on any atom is -0.323 e. The molecule has 3 rings (SSSR count). The first kappa shape index (κ1) is 17.5. The predicted octanol–water partition coefficient (Wildman–Crippen LogP) is 4.24. The van der Waals surface area contributed by atoms with Crippen LogP contribution in [-0.4, -0.2) is 21.9 Å². The Balaban J connectivity index is 1.64. The van der Waals surface area contributed by atoms with E-state index in [-0.39, 0.29) is 12.8 Å². The number of aromatic nitrogens is 2. The van der Waals surface area contributed by atoms with E-state index in [0.29, 0.717) is 25.1 Å². The van der Waals surface area contributed by atoms with Gasteiger partial charge in [0.15, 0.2) is 0 Å². The van der Waals surface area contributed by atoms with Gasteiger partial charge < -0.3 is 5.32 Å². The van der Waals surface area contributed by atoms with Gasteiger partial charge in [-0.05, 0) is 18.4 Å². The summed E-state index contributed by atoms with van der Waals surface area (Å²) >= 11 is 0. The number of anilines is 1. The highest BCUT2D eigenvalue weighted by Crippen LogP contribution is 2.41. The van der Waals surface area contributed by atoms with Crippen LogP contribution in [0.5, 0.6) is 0 Å². The van der Waals surface area contributed by atoms with Crippen molar-refractivity contribution < 1.29 is 18.0 Å². The SMILES string of the molecule is O=C(Nc1cnn(Cc2ccccc2)c1)[C@H]1CCCC[C@H]1C(F)(F)F. The number of halogens is 3. The lowest BCUT2D eigenvalue weighted by Gasteiger charge is -2.31. The summed E-state index contributed by atoms with van der Waals surface area (Å²) in [6, 6.07) is 9.66. The van der Waals surface area contributed by atoms with E-state index >= 15 is 0 Å². The molecule has 0 bridgehead atoms. The van der Waals surface area contributed by atoms with Gasteiger partial charge in [-0.15, -0.1) is 0 Å². The molecule has 25 heavy (non-hydrogen) atoms. The van der Waals surface area contributed by atoms with Crippen LogP contribution in [0.3, 0.4) is 0 Å². The Bertz CT molecular complexity index is 712. The first-order valence-electron chi connectivity index (χ1n) is 8.37. The summed E-state index contributed by atoms with van der Waals surface area (Å²) in [5, 5.41) is 6.75. The minimum atomic E-state index is -4.33. The van der Waals surface area contributed by atoms with E-state index < -0.39 is 23.9 Å². The highest BCUT2D eigenvalue weighted by atomic mass is 19.4. The van der Waals surface area contributed by atoms with Crippen molar-refractivity contribution in [2.75, 3.05) is 5.32 Å². The summed E-state index contributed by atoms with van der Waals surface area (Å²) in [6.07, 6.45) is 0.229. The van der Waals surface area contributed by atoms with E-state index in [1.807, 2.05) is 30.3 Å². The fourth-order valence-electron chi connectivity index (χ4n) is 3.36. The molecule has 2 aromatic rings. The number of alkyl halides is 3. The number of rotatable bonds is 4. The molecule has 1 aromatic carbocycles. The summed E-state index contributed by atoms with van der Waals surface area (Å²) in [4.78, 5) is 12.3. The maximum absolute atomic E-state index is 13.1. The maximum atomic E-state index is 13.1. The number of carbonyl (C=O) groups is 1. The van der Waals surface area contributed by atoms with Crippen molar-refractivity contribution in [2.24, 2.45) is 11.8 Å². The predicted molar refractivity (Wildman–Crippen MR) is 87.9 cm³/mol. The lowest BCUT2D eigenvalue weighted by Crippen LogP contribution is -2.39. The normalized spacial score (nSPS) is 21.1. The van der Waals surface area contributed by atoms with Gasteiger partial charge in [-0.25, -0.2) is 0 Å². The molecule has 1 N–H and O–H groups in total. The zero-order valence-electron chi connectivity index (χ0n) is 13.7. The minimum absolute atomic E-state index is 0.0227. The van der Waals surface area contributed by atoms with Gasteiger partial charge in [0.25, 0.3) is 0 Å². The first-order chi connectivity index (χ1) is 11.9. The van der Waals surface area contributed by atoms with E-state index in [4.69, 9.17) is 0 Å². The molecule has 134 valence electrons. The Morgan fingerprint density at radius 2 is 1.92 bits per heavy atom. The van der Waals surface area contributed by atoms with Crippen molar-refractivity contribution in [1.82, 2.24) is 9.78 Å². The zero-order valence-corrected chi connectivity index (χ0v) is 13.7. The molecule has 1 fully saturated rings. The highest BCUT2D eigenvalue weighted by Gasteiger charge is 2.48. The third-order valence-corrected chi connectivity index (χ3v) is 4.61. The second-order valence-electron chi connectivity index (χ2n) is 6.44. The molecule has 4 nitrogen and oxygen atoms in total. The van der Waals surface area contributed by atoms with Crippen molar-refractivity contribution in [1.29, 1.82) is 0 Å². The number of carbonyl (C=O) groups excluding carboxylic acids is 1. The van der Waals surface area contributed by atoms with Crippen LogP contribution in [0.25, 0.3) is 0 Å². The number of hydrogen-bond acceptors (Lipinski definition) is 2. The molecule has 7 heteroatoms. The molecule has 0 aliphatic heterocycles. The lowest BCUT2D eigenvalue weighted by atomic mass is 9.78. The Morgan fingerprint density at radius 3 is 2.64 bits per heavy atom. The fraction of sp³-hybridized carbons (Fsp3) is 0.444. The highest BCUT2D eigenvalue weighted by molar-refractivity contribution is 5.92. The van der Waals surface area contributed by atoms with Crippen LogP contribution in [0.1, 0.15) is 31.2 Å². The van der Waals surface area contributed by atoms with Crippen LogP contribution in [0.2, 0.25) is 0 Å². The molecule has 1 aromatic heterocycles. The first-order valence-corrected chi connectivity index (χ1v) is 8.37. The van der Waals surface area contributed by atoms with Gasteiger partial charge >= 0.3 is 6.18 Å². The van der Waals surface area contributed by atoms with Gasteiger partial charge in [0.2, 0.25) is 5.91 Å². The molecule has 1 aliphatic carbocycles. The van der Waals surface area contributed by atoms with E-state index in [9.17, 15) is 18.0 Å². The molecule has 1 aliphatic rings. The molecule has 0 spiro atoms. The number of nitrogens with one attached hydrogen (secondary N) is 1. The smallest absolute Gasteiger partial charge is 0.323 e. The third kappa shape index (κ3) is 4.41.